The second kappa shape index (κ2) is 9.95. The first kappa shape index (κ1) is 25.8. The lowest BCUT2D eigenvalue weighted by Crippen LogP contribution is -2.51. The van der Waals surface area contributed by atoms with E-state index in [1.54, 1.807) is 18.2 Å². The summed E-state index contributed by atoms with van der Waals surface area (Å²) < 4.78 is 1.24. The van der Waals surface area contributed by atoms with Gasteiger partial charge in [-0.1, -0.05) is 30.7 Å². The lowest BCUT2D eigenvalue weighted by Gasteiger charge is -2.19. The second-order valence-electron chi connectivity index (χ2n) is 9.52. The second-order valence-corrected chi connectivity index (χ2v) is 11.8. The predicted octanol–water partition coefficient (Wildman–Crippen LogP) is 3.78. The van der Waals surface area contributed by atoms with Crippen molar-refractivity contribution in [3.05, 3.63) is 57.6 Å². The Morgan fingerprint density at radius 1 is 0.975 bits per heavy atom. The zero-order valence-electron chi connectivity index (χ0n) is 20.5. The highest BCUT2D eigenvalue weighted by Crippen LogP contribution is 2.43. The van der Waals surface area contributed by atoms with Gasteiger partial charge in [0.1, 0.15) is 5.57 Å². The molecule has 1 aromatic heterocycles. The molecule has 14 heteroatoms. The number of carbonyl (C=O) groups excluding carboxylic acids is 5. The van der Waals surface area contributed by atoms with Crippen molar-refractivity contribution < 1.29 is 28.9 Å². The van der Waals surface area contributed by atoms with Crippen molar-refractivity contribution >= 4 is 80.4 Å². The minimum atomic E-state index is -0.940. The van der Waals surface area contributed by atoms with Gasteiger partial charge < -0.3 is 0 Å². The summed E-state index contributed by atoms with van der Waals surface area (Å²) >= 11 is 2.35. The standard InChI is InChI=1S/C26H19N5O7S2/c32-21-16(22(33)29-25(36)28-21)9-12-5-8-19(18(10-12)31(37)38)39-26-27-17-7-6-13(11-20(17)40-26)30-23(34)14-3-1-2-4-15(14)24(30)35/h5-11,14-15H,1-4H2,(H2,28,29,32,33,36)/t14-,15+. The number of benzene rings is 2. The van der Waals surface area contributed by atoms with E-state index >= 15 is 0 Å². The minimum Gasteiger partial charge on any atom is -0.274 e. The van der Waals surface area contributed by atoms with Crippen LogP contribution in [-0.2, 0) is 19.2 Å². The lowest BCUT2D eigenvalue weighted by atomic mass is 9.81. The van der Waals surface area contributed by atoms with Crippen LogP contribution in [0.3, 0.4) is 0 Å². The van der Waals surface area contributed by atoms with Gasteiger partial charge in [0.2, 0.25) is 11.8 Å². The van der Waals surface area contributed by atoms with E-state index in [1.165, 1.54) is 34.4 Å². The molecule has 2 saturated heterocycles. The van der Waals surface area contributed by atoms with Gasteiger partial charge in [0.25, 0.3) is 17.5 Å². The molecule has 2 N–H and O–H groups in total. The molecule has 0 unspecified atom stereocenters. The van der Waals surface area contributed by atoms with E-state index < -0.39 is 22.8 Å². The third kappa shape index (κ3) is 4.54. The molecule has 0 spiro atoms. The number of urea groups is 1. The number of hydrogen-bond donors (Lipinski definition) is 2. The number of fused-ring (bicyclic) bond motifs is 2. The maximum absolute atomic E-state index is 13.0. The van der Waals surface area contributed by atoms with E-state index in [0.29, 0.717) is 15.5 Å². The zero-order valence-corrected chi connectivity index (χ0v) is 22.2. The Balaban J connectivity index is 1.27. The van der Waals surface area contributed by atoms with Crippen LogP contribution in [0.2, 0.25) is 0 Å². The minimum absolute atomic E-state index is 0.159. The van der Waals surface area contributed by atoms with E-state index in [9.17, 15) is 34.1 Å². The monoisotopic (exact) mass is 577 g/mol. The number of amides is 6. The molecule has 2 aromatic carbocycles. The summed E-state index contributed by atoms with van der Waals surface area (Å²) in [4.78, 5) is 78.6. The molecule has 6 rings (SSSR count). The molecule has 3 fully saturated rings. The number of nitrogens with one attached hydrogen (secondary N) is 2. The van der Waals surface area contributed by atoms with Crippen LogP contribution in [0, 0.1) is 22.0 Å². The third-order valence-corrected chi connectivity index (χ3v) is 9.23. The summed E-state index contributed by atoms with van der Waals surface area (Å²) in [5.41, 5.74) is 0.729. The number of carbonyl (C=O) groups is 5. The summed E-state index contributed by atoms with van der Waals surface area (Å²) in [7, 11) is 0. The van der Waals surface area contributed by atoms with E-state index in [4.69, 9.17) is 0 Å². The SMILES string of the molecule is O=C1NC(=O)C(=Cc2ccc(Sc3nc4ccc(N5C(=O)[C@H]6CCCC[C@H]6C5=O)cc4s3)c([N+](=O)[O-])c2)C(=O)N1. The topological polar surface area (TPSA) is 169 Å². The van der Waals surface area contributed by atoms with Gasteiger partial charge in [0.05, 0.1) is 37.6 Å². The van der Waals surface area contributed by atoms with Gasteiger partial charge in [-0.05, 0) is 48.7 Å². The maximum Gasteiger partial charge on any atom is 0.328 e. The highest BCUT2D eigenvalue weighted by atomic mass is 32.2. The summed E-state index contributed by atoms with van der Waals surface area (Å²) in [5.74, 6) is -2.64. The highest BCUT2D eigenvalue weighted by Gasteiger charge is 2.48. The number of thiazole rings is 1. The molecule has 3 aliphatic rings. The van der Waals surface area contributed by atoms with Crippen LogP contribution in [0.15, 0.2) is 51.2 Å². The van der Waals surface area contributed by atoms with Crippen LogP contribution in [0.25, 0.3) is 16.3 Å². The molecule has 12 nitrogen and oxygen atoms in total. The van der Waals surface area contributed by atoms with Gasteiger partial charge in [0.15, 0.2) is 4.34 Å². The average Bonchev–Trinajstić information content (AvgIpc) is 3.43. The van der Waals surface area contributed by atoms with E-state index in [2.05, 4.69) is 4.98 Å². The van der Waals surface area contributed by atoms with Crippen LogP contribution in [0.4, 0.5) is 16.2 Å². The van der Waals surface area contributed by atoms with Gasteiger partial charge >= 0.3 is 6.03 Å². The Bertz CT molecular complexity index is 1650. The first-order chi connectivity index (χ1) is 19.2. The number of nitro benzene ring substituents is 1. The lowest BCUT2D eigenvalue weighted by molar-refractivity contribution is -0.387. The van der Waals surface area contributed by atoms with E-state index in [1.807, 2.05) is 10.6 Å². The Morgan fingerprint density at radius 3 is 2.30 bits per heavy atom. The number of anilines is 1. The molecule has 0 bridgehead atoms. The van der Waals surface area contributed by atoms with Gasteiger partial charge in [-0.15, -0.1) is 11.3 Å². The first-order valence-electron chi connectivity index (χ1n) is 12.3. The molecular weight excluding hydrogens is 558 g/mol. The quantitative estimate of drug-likeness (QED) is 0.151. The highest BCUT2D eigenvalue weighted by molar-refractivity contribution is 8.01. The van der Waals surface area contributed by atoms with Crippen molar-refractivity contribution in [2.45, 2.75) is 34.9 Å². The van der Waals surface area contributed by atoms with Gasteiger partial charge in [0, 0.05) is 6.07 Å². The number of rotatable bonds is 5. The van der Waals surface area contributed by atoms with Crippen molar-refractivity contribution in [3.63, 3.8) is 0 Å². The van der Waals surface area contributed by atoms with E-state index in [0.717, 1.165) is 48.2 Å². The average molecular weight is 578 g/mol. The normalized spacial score (nSPS) is 20.9. The van der Waals surface area contributed by atoms with Gasteiger partial charge in [-0.25, -0.2) is 9.78 Å². The van der Waals surface area contributed by atoms with Crippen LogP contribution in [0.1, 0.15) is 31.2 Å². The molecular formula is C26H19N5O7S2. The van der Waals surface area contributed by atoms with Crippen molar-refractivity contribution in [3.8, 4) is 0 Å². The third-order valence-electron chi connectivity index (χ3n) is 7.08. The molecule has 1 saturated carbocycles. The largest absolute Gasteiger partial charge is 0.328 e. The summed E-state index contributed by atoms with van der Waals surface area (Å²) in [6.45, 7) is 0. The summed E-state index contributed by atoms with van der Waals surface area (Å²) in [6.07, 6.45) is 4.50. The number of hydrogen-bond acceptors (Lipinski definition) is 10. The van der Waals surface area contributed by atoms with E-state index in [-0.39, 0.29) is 45.4 Å². The van der Waals surface area contributed by atoms with Gasteiger partial charge in [-0.2, -0.15) is 0 Å². The molecule has 2 atom stereocenters. The number of nitrogens with zero attached hydrogens (tertiary/aromatic N) is 3. The van der Waals surface area contributed by atoms with Crippen LogP contribution in [-0.4, -0.2) is 39.6 Å². The van der Waals surface area contributed by atoms with Crippen molar-refractivity contribution in [1.82, 2.24) is 15.6 Å². The van der Waals surface area contributed by atoms with Crippen molar-refractivity contribution in [2.24, 2.45) is 11.8 Å². The molecule has 2 aliphatic heterocycles. The Hall–Kier alpha value is -4.43. The number of aromatic nitrogens is 1. The van der Waals surface area contributed by atoms with Crippen LogP contribution < -0.4 is 15.5 Å². The van der Waals surface area contributed by atoms with Crippen LogP contribution in [0.5, 0.6) is 0 Å². The summed E-state index contributed by atoms with van der Waals surface area (Å²) in [6, 6.07) is 8.45. The molecule has 1 aliphatic carbocycles. The van der Waals surface area contributed by atoms with Gasteiger partial charge in [-0.3, -0.25) is 44.8 Å². The predicted molar refractivity (Wildman–Crippen MR) is 144 cm³/mol. The number of nitro groups is 1. The van der Waals surface area contributed by atoms with Crippen molar-refractivity contribution in [2.75, 3.05) is 4.90 Å². The molecule has 40 heavy (non-hydrogen) atoms. The first-order valence-corrected chi connectivity index (χ1v) is 14.0. The number of imide groups is 3. The number of barbiturate groups is 1. The molecule has 0 radical (unpaired) electrons. The van der Waals surface area contributed by atoms with Crippen LogP contribution >= 0.6 is 23.1 Å². The Kier molecular flexibility index (Phi) is 6.43. The molecule has 202 valence electrons. The fourth-order valence-corrected chi connectivity index (χ4v) is 7.35. The van der Waals surface area contributed by atoms with Crippen molar-refractivity contribution in [1.29, 1.82) is 0 Å². The fourth-order valence-electron chi connectivity index (χ4n) is 5.21. The zero-order chi connectivity index (χ0) is 28.1. The smallest absolute Gasteiger partial charge is 0.274 e. The molecule has 3 aromatic rings. The fraction of sp³-hybridized carbons (Fsp3) is 0.231. The Morgan fingerprint density at radius 2 is 1.65 bits per heavy atom. The Labute approximate surface area is 234 Å². The summed E-state index contributed by atoms with van der Waals surface area (Å²) in [5, 5.41) is 15.7. The molecule has 6 amide bonds. The maximum atomic E-state index is 13.0. The molecule has 3 heterocycles.